The first-order chi connectivity index (χ1) is 7.45. The molecule has 0 spiro atoms. The quantitative estimate of drug-likeness (QED) is 0.618. The van der Waals surface area contributed by atoms with Crippen molar-refractivity contribution in [3.8, 4) is 10.7 Å². The molecule has 2 nitrogen and oxygen atoms in total. The van der Waals surface area contributed by atoms with E-state index in [0.29, 0.717) is 0 Å². The van der Waals surface area contributed by atoms with Gasteiger partial charge in [0.25, 0.3) is 0 Å². The standard InChI is InChI=1S/C12H8N2S/c1-2-5-10-9(4-1)8-15-11(10)12-13-6-3-7-14-12/h1-8H. The van der Waals surface area contributed by atoms with Gasteiger partial charge < -0.3 is 0 Å². The van der Waals surface area contributed by atoms with Gasteiger partial charge >= 0.3 is 0 Å². The molecule has 0 fully saturated rings. The number of rotatable bonds is 1. The van der Waals surface area contributed by atoms with Crippen LogP contribution in [0.15, 0.2) is 48.1 Å². The highest BCUT2D eigenvalue weighted by Crippen LogP contribution is 2.32. The van der Waals surface area contributed by atoms with E-state index in [1.165, 1.54) is 10.8 Å². The van der Waals surface area contributed by atoms with Crippen molar-refractivity contribution in [3.63, 3.8) is 0 Å². The second kappa shape index (κ2) is 3.44. The molecule has 0 saturated carbocycles. The lowest BCUT2D eigenvalue weighted by atomic mass is 10.2. The van der Waals surface area contributed by atoms with Crippen LogP contribution in [0.1, 0.15) is 0 Å². The lowest BCUT2D eigenvalue weighted by molar-refractivity contribution is 1.19. The monoisotopic (exact) mass is 212 g/mol. The van der Waals surface area contributed by atoms with E-state index in [0.717, 1.165) is 10.7 Å². The summed E-state index contributed by atoms with van der Waals surface area (Å²) in [5.41, 5.74) is 0. The molecule has 0 atom stereocenters. The first-order valence-corrected chi connectivity index (χ1v) is 5.57. The number of nitrogens with zero attached hydrogens (tertiary/aromatic N) is 2. The second-order valence-corrected chi connectivity index (χ2v) is 4.10. The average Bonchev–Trinajstić information content (AvgIpc) is 2.74. The van der Waals surface area contributed by atoms with Crippen molar-refractivity contribution in [3.05, 3.63) is 48.1 Å². The van der Waals surface area contributed by atoms with E-state index < -0.39 is 0 Å². The van der Waals surface area contributed by atoms with Crippen LogP contribution in [0.3, 0.4) is 0 Å². The smallest absolute Gasteiger partial charge is 0.169 e. The van der Waals surface area contributed by atoms with Crippen molar-refractivity contribution in [2.75, 3.05) is 0 Å². The first-order valence-electron chi connectivity index (χ1n) is 4.69. The maximum atomic E-state index is 4.27. The van der Waals surface area contributed by atoms with Gasteiger partial charge in [-0.1, -0.05) is 24.3 Å². The molecule has 0 radical (unpaired) electrons. The summed E-state index contributed by atoms with van der Waals surface area (Å²) in [5, 5.41) is 4.62. The molecule has 2 heterocycles. The molecule has 0 N–H and O–H groups in total. The molecule has 2 aromatic heterocycles. The molecule has 0 saturated heterocycles. The molecule has 0 aliphatic rings. The fraction of sp³-hybridized carbons (Fsp3) is 0. The van der Waals surface area contributed by atoms with Crippen LogP contribution < -0.4 is 0 Å². The van der Waals surface area contributed by atoms with Crippen LogP contribution in [-0.4, -0.2) is 9.97 Å². The van der Waals surface area contributed by atoms with E-state index in [-0.39, 0.29) is 0 Å². The third-order valence-electron chi connectivity index (χ3n) is 2.28. The van der Waals surface area contributed by atoms with Crippen LogP contribution in [-0.2, 0) is 0 Å². The van der Waals surface area contributed by atoms with Crippen LogP contribution in [0, 0.1) is 0 Å². The molecular formula is C12H8N2S. The van der Waals surface area contributed by atoms with Crippen molar-refractivity contribution in [1.82, 2.24) is 9.97 Å². The lowest BCUT2D eigenvalue weighted by Gasteiger charge is -1.95. The number of hydrogen-bond acceptors (Lipinski definition) is 3. The summed E-state index contributed by atoms with van der Waals surface area (Å²) in [7, 11) is 0. The lowest BCUT2D eigenvalue weighted by Crippen LogP contribution is -1.83. The van der Waals surface area contributed by atoms with Gasteiger partial charge in [-0.15, -0.1) is 11.3 Å². The normalized spacial score (nSPS) is 10.7. The predicted octanol–water partition coefficient (Wildman–Crippen LogP) is 3.36. The minimum atomic E-state index is 0.809. The molecular weight excluding hydrogens is 204 g/mol. The first kappa shape index (κ1) is 8.56. The van der Waals surface area contributed by atoms with Gasteiger partial charge in [0, 0.05) is 17.8 Å². The zero-order chi connectivity index (χ0) is 10.1. The molecule has 3 aromatic rings. The Balaban J connectivity index is 2.28. The van der Waals surface area contributed by atoms with Gasteiger partial charge in [-0.25, -0.2) is 9.97 Å². The molecule has 3 rings (SSSR count). The number of hydrogen-bond donors (Lipinski definition) is 0. The number of aromatic nitrogens is 2. The minimum Gasteiger partial charge on any atom is -0.236 e. The zero-order valence-corrected chi connectivity index (χ0v) is 8.74. The van der Waals surface area contributed by atoms with E-state index in [2.05, 4.69) is 27.5 Å². The summed E-state index contributed by atoms with van der Waals surface area (Å²) in [5.74, 6) is 0.809. The summed E-state index contributed by atoms with van der Waals surface area (Å²) in [6.07, 6.45) is 3.55. The van der Waals surface area contributed by atoms with Gasteiger partial charge in [-0.05, 0) is 16.8 Å². The Hall–Kier alpha value is -1.74. The highest BCUT2D eigenvalue weighted by atomic mass is 32.1. The van der Waals surface area contributed by atoms with Crippen molar-refractivity contribution in [2.24, 2.45) is 0 Å². The molecule has 0 aliphatic carbocycles. The van der Waals surface area contributed by atoms with Gasteiger partial charge in [-0.3, -0.25) is 0 Å². The van der Waals surface area contributed by atoms with Crippen LogP contribution in [0.4, 0.5) is 0 Å². The summed E-state index contributed by atoms with van der Waals surface area (Å²) in [6.45, 7) is 0. The summed E-state index contributed by atoms with van der Waals surface area (Å²) >= 11 is 1.69. The second-order valence-electron chi connectivity index (χ2n) is 3.22. The molecule has 0 aliphatic heterocycles. The molecule has 0 bridgehead atoms. The Bertz CT molecular complexity index is 587. The van der Waals surface area contributed by atoms with E-state index in [1.807, 2.05) is 18.2 Å². The highest BCUT2D eigenvalue weighted by molar-refractivity contribution is 7.15. The molecule has 15 heavy (non-hydrogen) atoms. The summed E-state index contributed by atoms with van der Waals surface area (Å²) in [4.78, 5) is 9.69. The van der Waals surface area contributed by atoms with Crippen molar-refractivity contribution < 1.29 is 0 Å². The molecule has 0 amide bonds. The van der Waals surface area contributed by atoms with Crippen LogP contribution in [0.2, 0.25) is 0 Å². The minimum absolute atomic E-state index is 0.809. The Morgan fingerprint density at radius 1 is 0.933 bits per heavy atom. The number of benzene rings is 1. The highest BCUT2D eigenvalue weighted by Gasteiger charge is 2.07. The third kappa shape index (κ3) is 1.41. The van der Waals surface area contributed by atoms with Gasteiger partial charge in [0.05, 0.1) is 4.88 Å². The number of thiophene rings is 1. The maximum Gasteiger partial charge on any atom is 0.169 e. The Morgan fingerprint density at radius 3 is 2.60 bits per heavy atom. The average molecular weight is 212 g/mol. The molecule has 3 heteroatoms. The van der Waals surface area contributed by atoms with Crippen LogP contribution in [0.25, 0.3) is 21.5 Å². The van der Waals surface area contributed by atoms with Crippen LogP contribution >= 0.6 is 11.3 Å². The SMILES string of the molecule is c1cnc(-c2scc3ccccc23)nc1. The van der Waals surface area contributed by atoms with Crippen molar-refractivity contribution in [2.45, 2.75) is 0 Å². The fourth-order valence-corrected chi connectivity index (χ4v) is 2.56. The topological polar surface area (TPSA) is 25.8 Å². The van der Waals surface area contributed by atoms with Crippen LogP contribution in [0.5, 0.6) is 0 Å². The summed E-state index contributed by atoms with van der Waals surface area (Å²) < 4.78 is 0. The molecule has 72 valence electrons. The van der Waals surface area contributed by atoms with Gasteiger partial charge in [0.1, 0.15) is 0 Å². The van der Waals surface area contributed by atoms with Gasteiger partial charge in [0.15, 0.2) is 5.82 Å². The molecule has 0 unspecified atom stereocenters. The van der Waals surface area contributed by atoms with E-state index >= 15 is 0 Å². The van der Waals surface area contributed by atoms with Gasteiger partial charge in [-0.2, -0.15) is 0 Å². The number of fused-ring (bicyclic) bond motifs is 1. The van der Waals surface area contributed by atoms with E-state index in [4.69, 9.17) is 0 Å². The van der Waals surface area contributed by atoms with Gasteiger partial charge in [0.2, 0.25) is 0 Å². The predicted molar refractivity (Wildman–Crippen MR) is 62.9 cm³/mol. The van der Waals surface area contributed by atoms with Crippen molar-refractivity contribution >= 4 is 22.1 Å². The van der Waals surface area contributed by atoms with E-state index in [1.54, 1.807) is 23.7 Å². The zero-order valence-electron chi connectivity index (χ0n) is 7.92. The Labute approximate surface area is 91.2 Å². The van der Waals surface area contributed by atoms with E-state index in [9.17, 15) is 0 Å². The fourth-order valence-electron chi connectivity index (χ4n) is 1.58. The van der Waals surface area contributed by atoms with Crippen molar-refractivity contribution in [1.29, 1.82) is 0 Å². The Morgan fingerprint density at radius 2 is 1.73 bits per heavy atom. The summed E-state index contributed by atoms with van der Waals surface area (Å²) in [6, 6.07) is 10.1. The molecule has 1 aromatic carbocycles. The Kier molecular flexibility index (Phi) is 1.96. The third-order valence-corrected chi connectivity index (χ3v) is 3.29. The largest absolute Gasteiger partial charge is 0.236 e. The maximum absolute atomic E-state index is 4.27.